The first kappa shape index (κ1) is 14.0. The van der Waals surface area contributed by atoms with Crippen molar-refractivity contribution in [1.82, 2.24) is 0 Å². The normalized spacial score (nSPS) is 21.2. The Morgan fingerprint density at radius 2 is 1.88 bits per heavy atom. The fraction of sp³-hybridized carbons (Fsp3) is 1.00. The van der Waals surface area contributed by atoms with Crippen molar-refractivity contribution in [2.45, 2.75) is 84.2 Å². The van der Waals surface area contributed by atoms with E-state index in [0.717, 1.165) is 24.7 Å². The summed E-state index contributed by atoms with van der Waals surface area (Å²) in [6.07, 6.45) is 12.8. The molecule has 1 fully saturated rings. The van der Waals surface area contributed by atoms with Gasteiger partial charge in [-0.3, -0.25) is 0 Å². The molecule has 0 aromatic carbocycles. The molecular weight excluding hydrogens is 196 g/mol. The second-order valence-electron chi connectivity index (χ2n) is 5.69. The monoisotopic (exact) mass is 226 g/mol. The van der Waals surface area contributed by atoms with Crippen molar-refractivity contribution in [3.8, 4) is 0 Å². The molecule has 0 heterocycles. The first-order valence-corrected chi connectivity index (χ1v) is 7.44. The molecule has 0 aromatic rings. The van der Waals surface area contributed by atoms with Gasteiger partial charge in [0.05, 0.1) is 6.10 Å². The van der Waals surface area contributed by atoms with Crippen molar-refractivity contribution in [3.63, 3.8) is 0 Å². The third-order valence-corrected chi connectivity index (χ3v) is 4.23. The van der Waals surface area contributed by atoms with Crippen molar-refractivity contribution in [3.05, 3.63) is 0 Å². The molecule has 0 radical (unpaired) electrons. The molecule has 0 aromatic heterocycles. The highest BCUT2D eigenvalue weighted by Gasteiger charge is 2.20. The lowest BCUT2D eigenvalue weighted by atomic mass is 9.89. The van der Waals surface area contributed by atoms with Gasteiger partial charge in [-0.2, -0.15) is 0 Å². The molecule has 16 heavy (non-hydrogen) atoms. The van der Waals surface area contributed by atoms with Crippen LogP contribution in [0.1, 0.15) is 78.1 Å². The van der Waals surface area contributed by atoms with Crippen molar-refractivity contribution in [1.29, 1.82) is 0 Å². The zero-order valence-corrected chi connectivity index (χ0v) is 11.3. The number of aliphatic hydroxyl groups is 1. The first-order valence-electron chi connectivity index (χ1n) is 7.44. The van der Waals surface area contributed by atoms with Gasteiger partial charge in [-0.25, -0.2) is 0 Å². The molecule has 0 saturated heterocycles. The predicted molar refractivity (Wildman–Crippen MR) is 70.5 cm³/mol. The summed E-state index contributed by atoms with van der Waals surface area (Å²) in [4.78, 5) is 0. The highest BCUT2D eigenvalue weighted by molar-refractivity contribution is 4.73. The van der Waals surface area contributed by atoms with E-state index < -0.39 is 0 Å². The Morgan fingerprint density at radius 3 is 2.44 bits per heavy atom. The van der Waals surface area contributed by atoms with Crippen LogP contribution < -0.4 is 0 Å². The van der Waals surface area contributed by atoms with Crippen LogP contribution in [-0.4, -0.2) is 11.2 Å². The van der Waals surface area contributed by atoms with Crippen molar-refractivity contribution in [2.75, 3.05) is 0 Å². The molecule has 1 aliphatic rings. The molecule has 0 aliphatic heterocycles. The summed E-state index contributed by atoms with van der Waals surface area (Å²) in [6, 6.07) is 0. The Labute approximate surface area is 102 Å². The highest BCUT2D eigenvalue weighted by Crippen LogP contribution is 2.30. The van der Waals surface area contributed by atoms with E-state index in [2.05, 4.69) is 13.8 Å². The van der Waals surface area contributed by atoms with Crippen LogP contribution >= 0.6 is 0 Å². The standard InChI is InChI=1S/C15H30O/c1-3-5-8-13(4-2)11-15(16)12-14-9-6-7-10-14/h13-16H,3-12H2,1-2H3. The second-order valence-corrected chi connectivity index (χ2v) is 5.69. The van der Waals surface area contributed by atoms with E-state index in [1.165, 1.54) is 51.4 Å². The lowest BCUT2D eigenvalue weighted by molar-refractivity contribution is 0.111. The molecule has 1 saturated carbocycles. The lowest BCUT2D eigenvalue weighted by Crippen LogP contribution is -2.16. The largest absolute Gasteiger partial charge is 0.393 e. The molecule has 1 heteroatoms. The molecule has 1 N–H and O–H groups in total. The zero-order chi connectivity index (χ0) is 11.8. The van der Waals surface area contributed by atoms with Crippen LogP contribution in [0.5, 0.6) is 0 Å². The van der Waals surface area contributed by atoms with E-state index in [-0.39, 0.29) is 6.10 Å². The SMILES string of the molecule is CCCCC(CC)CC(O)CC1CCCC1. The first-order chi connectivity index (χ1) is 7.76. The van der Waals surface area contributed by atoms with Gasteiger partial charge in [-0.15, -0.1) is 0 Å². The minimum absolute atomic E-state index is 0.0232. The minimum Gasteiger partial charge on any atom is -0.393 e. The van der Waals surface area contributed by atoms with Gasteiger partial charge in [-0.1, -0.05) is 65.2 Å². The minimum atomic E-state index is -0.0232. The second kappa shape index (κ2) is 8.11. The molecule has 0 bridgehead atoms. The van der Waals surface area contributed by atoms with Gasteiger partial charge in [0.25, 0.3) is 0 Å². The van der Waals surface area contributed by atoms with E-state index in [1.54, 1.807) is 0 Å². The Bertz CT molecular complexity index is 161. The third-order valence-electron chi connectivity index (χ3n) is 4.23. The molecule has 0 amide bonds. The summed E-state index contributed by atoms with van der Waals surface area (Å²) in [6.45, 7) is 4.52. The van der Waals surface area contributed by atoms with Gasteiger partial charge in [0.15, 0.2) is 0 Å². The number of hydrogen-bond donors (Lipinski definition) is 1. The van der Waals surface area contributed by atoms with Gasteiger partial charge >= 0.3 is 0 Å². The van der Waals surface area contributed by atoms with Crippen molar-refractivity contribution in [2.24, 2.45) is 11.8 Å². The Hall–Kier alpha value is -0.0400. The Balaban J connectivity index is 2.16. The van der Waals surface area contributed by atoms with E-state index in [0.29, 0.717) is 0 Å². The maximum atomic E-state index is 10.1. The molecule has 1 rings (SSSR count). The summed E-state index contributed by atoms with van der Waals surface area (Å²) in [5, 5.41) is 10.1. The van der Waals surface area contributed by atoms with Crippen molar-refractivity contribution < 1.29 is 5.11 Å². The summed E-state index contributed by atoms with van der Waals surface area (Å²) in [5.74, 6) is 1.59. The van der Waals surface area contributed by atoms with Crippen LogP contribution in [0.15, 0.2) is 0 Å². The highest BCUT2D eigenvalue weighted by atomic mass is 16.3. The van der Waals surface area contributed by atoms with Gasteiger partial charge in [0.1, 0.15) is 0 Å². The Kier molecular flexibility index (Phi) is 7.11. The number of unbranched alkanes of at least 4 members (excludes halogenated alkanes) is 1. The summed E-state index contributed by atoms with van der Waals surface area (Å²) in [7, 11) is 0. The van der Waals surface area contributed by atoms with Crippen molar-refractivity contribution >= 4 is 0 Å². The molecule has 0 spiro atoms. The molecular formula is C15H30O. The van der Waals surface area contributed by atoms with E-state index in [1.807, 2.05) is 0 Å². The van der Waals surface area contributed by atoms with Gasteiger partial charge < -0.3 is 5.11 Å². The van der Waals surface area contributed by atoms with Crippen LogP contribution in [-0.2, 0) is 0 Å². The quantitative estimate of drug-likeness (QED) is 0.644. The number of rotatable bonds is 8. The maximum Gasteiger partial charge on any atom is 0.0545 e. The van der Waals surface area contributed by atoms with E-state index >= 15 is 0 Å². The van der Waals surface area contributed by atoms with E-state index in [9.17, 15) is 5.11 Å². The maximum absolute atomic E-state index is 10.1. The fourth-order valence-electron chi connectivity index (χ4n) is 3.09. The van der Waals surface area contributed by atoms with Gasteiger partial charge in [0, 0.05) is 0 Å². The molecule has 2 unspecified atom stereocenters. The fourth-order valence-corrected chi connectivity index (χ4v) is 3.09. The van der Waals surface area contributed by atoms with Crippen LogP contribution in [0.25, 0.3) is 0 Å². The Morgan fingerprint density at radius 1 is 1.19 bits per heavy atom. The average Bonchev–Trinajstić information content (AvgIpc) is 2.76. The smallest absolute Gasteiger partial charge is 0.0545 e. The molecule has 96 valence electrons. The topological polar surface area (TPSA) is 20.2 Å². The van der Waals surface area contributed by atoms with Gasteiger partial charge in [-0.05, 0) is 24.7 Å². The summed E-state index contributed by atoms with van der Waals surface area (Å²) >= 11 is 0. The summed E-state index contributed by atoms with van der Waals surface area (Å²) in [5.41, 5.74) is 0. The molecule has 2 atom stereocenters. The van der Waals surface area contributed by atoms with Crippen LogP contribution in [0.2, 0.25) is 0 Å². The van der Waals surface area contributed by atoms with Gasteiger partial charge in [0.2, 0.25) is 0 Å². The predicted octanol–water partition coefficient (Wildman–Crippen LogP) is 4.53. The molecule has 1 nitrogen and oxygen atoms in total. The summed E-state index contributed by atoms with van der Waals surface area (Å²) < 4.78 is 0. The van der Waals surface area contributed by atoms with Crippen LogP contribution in [0.3, 0.4) is 0 Å². The van der Waals surface area contributed by atoms with Crippen LogP contribution in [0, 0.1) is 11.8 Å². The lowest BCUT2D eigenvalue weighted by Gasteiger charge is -2.21. The number of aliphatic hydroxyl groups excluding tert-OH is 1. The van der Waals surface area contributed by atoms with Crippen LogP contribution in [0.4, 0.5) is 0 Å². The molecule has 1 aliphatic carbocycles. The van der Waals surface area contributed by atoms with E-state index in [4.69, 9.17) is 0 Å². The number of hydrogen-bond acceptors (Lipinski definition) is 1. The third kappa shape index (κ3) is 5.34. The average molecular weight is 226 g/mol. The zero-order valence-electron chi connectivity index (χ0n) is 11.3.